The number of nitrogens with two attached hydrogens (primary N) is 2. The Balaban J connectivity index is 1.53. The van der Waals surface area contributed by atoms with Gasteiger partial charge in [-0.05, 0) is 70.8 Å². The Labute approximate surface area is 344 Å². The van der Waals surface area contributed by atoms with Gasteiger partial charge in [-0.2, -0.15) is 50.5 Å². The van der Waals surface area contributed by atoms with Crippen molar-refractivity contribution in [2.24, 2.45) is 0 Å². The van der Waals surface area contributed by atoms with Crippen LogP contribution in [0.2, 0.25) is 0 Å². The third-order valence-corrected chi connectivity index (χ3v) is 14.4. The molecule has 0 bridgehead atoms. The zero-order chi connectivity index (χ0) is 45.6. The molecule has 0 aliphatic carbocycles. The first-order valence-electron chi connectivity index (χ1n) is 15.9. The van der Waals surface area contributed by atoms with Crippen LogP contribution in [0, 0.1) is 0 Å². The maximum absolute atomic E-state index is 14.0. The van der Waals surface area contributed by atoms with Gasteiger partial charge >= 0.3 is 20.2 Å². The molecular weight excluding hydrogens is 939 g/mol. The first-order valence-corrected chi connectivity index (χ1v) is 24.5. The molecule has 23 nitrogen and oxygen atoms in total. The number of nitrogen functional groups attached to an aromatic ring is 2. The van der Waals surface area contributed by atoms with Crippen LogP contribution in [-0.4, -0.2) is 79.7 Å². The zero-order valence-electron chi connectivity index (χ0n) is 29.9. The summed E-state index contributed by atoms with van der Waals surface area (Å²) in [4.78, 5) is 6.33. The molecule has 6 aromatic rings. The Hall–Kier alpha value is -5.89. The van der Waals surface area contributed by atoms with Gasteiger partial charge in [-0.25, -0.2) is 0 Å². The Morgan fingerprint density at radius 3 is 1.30 bits per heavy atom. The van der Waals surface area contributed by atoms with E-state index in [1.165, 1.54) is 0 Å². The minimum Gasteiger partial charge on any atom is -0.507 e. The number of carbonyl (C=O) groups excluding carboxylic acids is 1. The lowest BCUT2D eigenvalue weighted by Gasteiger charge is -2.17. The molecule has 0 aliphatic heterocycles. The summed E-state index contributed by atoms with van der Waals surface area (Å²) in [6, 6.07) is 8.17. The molecule has 0 fully saturated rings. The van der Waals surface area contributed by atoms with Crippen LogP contribution < -0.4 is 25.2 Å². The number of rotatable bonds is 11. The van der Waals surface area contributed by atoms with Crippen molar-refractivity contribution in [3.63, 3.8) is 0 Å². The molecule has 0 saturated heterocycles. The average molecular weight is 964 g/mol. The molecule has 324 valence electrons. The molecule has 6 rings (SSSR count). The maximum atomic E-state index is 14.0. The fourth-order valence-corrected chi connectivity index (χ4v) is 10.3. The molecule has 1 amide bonds. The largest absolute Gasteiger partial charge is 0.507 e. The second-order valence-electron chi connectivity index (χ2n) is 12.7. The van der Waals surface area contributed by atoms with E-state index in [1.54, 1.807) is 0 Å². The van der Waals surface area contributed by atoms with Gasteiger partial charge < -0.3 is 30.3 Å². The summed E-state index contributed by atoms with van der Waals surface area (Å²) >= 11 is 0. The number of aromatic hydroxyl groups is 1. The molecule has 61 heavy (non-hydrogen) atoms. The van der Waals surface area contributed by atoms with Gasteiger partial charge in [-0.3, -0.25) is 23.0 Å². The van der Waals surface area contributed by atoms with Crippen molar-refractivity contribution >= 4 is 116 Å². The van der Waals surface area contributed by atoms with Crippen LogP contribution in [0.15, 0.2) is 102 Å². The SMILES string of the molecule is CC(=O)Nc1cc2c(O)cc(S(=O)(=O)Oc3cc(S(=O)(=O)O)cc4cc(S(=O)(=O)O)c(N)cc34)cc2cc1S(=O)(=O)Oc1cc(S(=O)(=O)O)cc2cc(S(=O)(=O)O)c(N)cc12. The number of anilines is 3. The van der Waals surface area contributed by atoms with E-state index in [1.807, 2.05) is 0 Å². The molecule has 0 radical (unpaired) electrons. The van der Waals surface area contributed by atoms with Crippen LogP contribution in [-0.2, 0) is 65.5 Å². The molecule has 0 aliphatic rings. The van der Waals surface area contributed by atoms with Gasteiger partial charge in [0.05, 0.1) is 26.9 Å². The normalized spacial score (nSPS) is 13.1. The highest BCUT2D eigenvalue weighted by atomic mass is 32.2. The zero-order valence-corrected chi connectivity index (χ0v) is 34.8. The van der Waals surface area contributed by atoms with Crippen LogP contribution in [0.25, 0.3) is 32.3 Å². The van der Waals surface area contributed by atoms with Crippen LogP contribution >= 0.6 is 0 Å². The van der Waals surface area contributed by atoms with Gasteiger partial charge in [-0.1, -0.05) is 0 Å². The van der Waals surface area contributed by atoms with E-state index >= 15 is 0 Å². The van der Waals surface area contributed by atoms with Crippen LogP contribution in [0.5, 0.6) is 17.2 Å². The quantitative estimate of drug-likeness (QED) is 0.0525. The molecule has 0 atom stereocenters. The second kappa shape index (κ2) is 14.6. The Kier molecular flexibility index (Phi) is 10.7. The third-order valence-electron chi connectivity index (χ3n) is 8.46. The Morgan fingerprint density at radius 2 is 0.885 bits per heavy atom. The number of carbonyl (C=O) groups is 1. The van der Waals surface area contributed by atoms with Crippen molar-refractivity contribution in [2.75, 3.05) is 16.8 Å². The molecular formula is C32H25N3O20S6. The first kappa shape index (κ1) is 44.7. The second-order valence-corrected chi connectivity index (χ2v) is 21.4. The number of fused-ring (bicyclic) bond motifs is 3. The summed E-state index contributed by atoms with van der Waals surface area (Å²) in [7, 11) is -31.0. The Bertz CT molecular complexity index is 3650. The lowest BCUT2D eigenvalue weighted by Crippen LogP contribution is -2.16. The predicted molar refractivity (Wildman–Crippen MR) is 212 cm³/mol. The van der Waals surface area contributed by atoms with Crippen LogP contribution in [0.3, 0.4) is 0 Å². The summed E-state index contributed by atoms with van der Waals surface area (Å²) in [6.07, 6.45) is 0. The lowest BCUT2D eigenvalue weighted by molar-refractivity contribution is -0.114. The highest BCUT2D eigenvalue weighted by molar-refractivity contribution is 7.88. The summed E-state index contributed by atoms with van der Waals surface area (Å²) in [6.45, 7) is 0.949. The van der Waals surface area contributed by atoms with E-state index in [4.69, 9.17) is 19.8 Å². The van der Waals surface area contributed by atoms with Gasteiger partial charge in [0.15, 0.2) is 11.5 Å². The van der Waals surface area contributed by atoms with Gasteiger partial charge in [0.2, 0.25) is 5.91 Å². The highest BCUT2D eigenvalue weighted by Crippen LogP contribution is 2.41. The highest BCUT2D eigenvalue weighted by Gasteiger charge is 2.29. The monoisotopic (exact) mass is 963 g/mol. The molecule has 0 heterocycles. The molecule has 6 aromatic carbocycles. The number of benzene rings is 6. The molecule has 0 aromatic heterocycles. The van der Waals surface area contributed by atoms with E-state index in [-0.39, 0.29) is 10.8 Å². The topological polar surface area (TPSA) is 406 Å². The molecule has 0 saturated carbocycles. The smallest absolute Gasteiger partial charge is 0.341 e. The number of nitrogens with one attached hydrogen (secondary N) is 1. The maximum Gasteiger partial charge on any atom is 0.341 e. The van der Waals surface area contributed by atoms with Gasteiger partial charge in [0.25, 0.3) is 40.5 Å². The van der Waals surface area contributed by atoms with E-state index in [2.05, 4.69) is 5.32 Å². The first-order chi connectivity index (χ1) is 27.8. The van der Waals surface area contributed by atoms with E-state index in [0.717, 1.165) is 31.2 Å². The summed E-state index contributed by atoms with van der Waals surface area (Å²) in [5.41, 5.74) is 9.56. The number of hydrogen-bond donors (Lipinski definition) is 8. The van der Waals surface area contributed by atoms with Gasteiger partial charge in [-0.15, -0.1) is 0 Å². The summed E-state index contributed by atoms with van der Waals surface area (Å²) in [5, 5.41) is 10.8. The third kappa shape index (κ3) is 8.95. The summed E-state index contributed by atoms with van der Waals surface area (Å²) in [5.74, 6) is -3.59. The van der Waals surface area contributed by atoms with Crippen molar-refractivity contribution in [2.45, 2.75) is 36.3 Å². The number of phenolic OH excluding ortho intramolecular Hbond substituents is 1. The van der Waals surface area contributed by atoms with Crippen LogP contribution in [0.1, 0.15) is 6.92 Å². The number of hydrogen-bond acceptors (Lipinski definition) is 18. The van der Waals surface area contributed by atoms with Crippen molar-refractivity contribution in [1.29, 1.82) is 0 Å². The predicted octanol–water partition coefficient (Wildman–Crippen LogP) is 2.50. The van der Waals surface area contributed by atoms with Gasteiger partial charge in [0.1, 0.15) is 25.3 Å². The van der Waals surface area contributed by atoms with Crippen molar-refractivity contribution in [3.8, 4) is 17.2 Å². The fraction of sp³-hybridized carbons (Fsp3) is 0.0312. The molecule has 10 N–H and O–H groups in total. The Morgan fingerprint density at radius 1 is 0.492 bits per heavy atom. The summed E-state index contributed by atoms with van der Waals surface area (Å²) < 4.78 is 201. The average Bonchev–Trinajstić information content (AvgIpc) is 3.09. The molecule has 29 heteroatoms. The van der Waals surface area contributed by atoms with Crippen molar-refractivity contribution < 1.29 is 87.0 Å². The van der Waals surface area contributed by atoms with Crippen LogP contribution in [0.4, 0.5) is 17.1 Å². The molecule has 0 unspecified atom stereocenters. The number of amides is 1. The van der Waals surface area contributed by atoms with Crippen molar-refractivity contribution in [1.82, 2.24) is 0 Å². The fourth-order valence-electron chi connectivity index (χ4n) is 5.89. The van der Waals surface area contributed by atoms with E-state index < -0.39 is 152 Å². The van der Waals surface area contributed by atoms with E-state index in [9.17, 15) is 78.6 Å². The van der Waals surface area contributed by atoms with Crippen molar-refractivity contribution in [3.05, 3.63) is 72.8 Å². The standard InChI is InChI=1S/C32H25N3O20S6/c1-14(36)35-26-13-21-15(7-32(26)61(52,53)55-29-10-19(57(41,42)43)3-17-6-31(59(47,48)49)25(34)12-23(17)29)4-20(8-27(21)37)60(50,51)54-28-9-18(56(38,39)40)2-16-5-30(58(44,45)46)24(33)11-22(16)28/h2-13,37H,33-34H2,1H3,(H,35,36)(H,38,39,40)(H,41,42,43)(H,44,45,46)(H,47,48,49). The minimum absolute atomic E-state index is 0.324. The van der Waals surface area contributed by atoms with E-state index in [0.29, 0.717) is 48.5 Å². The minimum atomic E-state index is -5.37. The number of phenols is 1. The molecule has 0 spiro atoms. The van der Waals surface area contributed by atoms with Gasteiger partial charge in [0, 0.05) is 41.3 Å². The lowest BCUT2D eigenvalue weighted by atomic mass is 10.1.